The zero-order valence-electron chi connectivity index (χ0n) is 10.0. The van der Waals surface area contributed by atoms with Crippen LogP contribution in [-0.2, 0) is 14.4 Å². The number of amides is 1. The molecule has 0 heterocycles. The normalized spacial score (nSPS) is 11.6. The van der Waals surface area contributed by atoms with Gasteiger partial charge in [0.2, 0.25) is 0 Å². The quantitative estimate of drug-likeness (QED) is 0.582. The number of nitro benzene ring substituents is 1. The van der Waals surface area contributed by atoms with Gasteiger partial charge in [-0.1, -0.05) is 12.1 Å². The molecule has 0 spiro atoms. The molecule has 1 aromatic carbocycles. The van der Waals surface area contributed by atoms with E-state index in [1.165, 1.54) is 25.1 Å². The van der Waals surface area contributed by atoms with Crippen LogP contribution in [0.1, 0.15) is 18.4 Å². The van der Waals surface area contributed by atoms with Crippen LogP contribution >= 0.6 is 0 Å². The largest absolute Gasteiger partial charge is 0.479 e. The first-order valence-electron chi connectivity index (χ1n) is 5.29. The maximum absolute atomic E-state index is 11.6. The van der Waals surface area contributed by atoms with Gasteiger partial charge in [-0.15, -0.1) is 0 Å². The number of hydrogen-bond donors (Lipinski definition) is 2. The predicted octanol–water partition coefficient (Wildman–Crippen LogP) is 0.831. The summed E-state index contributed by atoms with van der Waals surface area (Å²) in [5.41, 5.74) is 2.29. The van der Waals surface area contributed by atoms with Crippen molar-refractivity contribution in [1.29, 1.82) is 0 Å². The molecule has 0 aliphatic carbocycles. The van der Waals surface area contributed by atoms with E-state index in [1.54, 1.807) is 6.07 Å². The Labute approximate surface area is 108 Å². The molecule has 1 rings (SSSR count). The Morgan fingerprint density at radius 1 is 1.53 bits per heavy atom. The van der Waals surface area contributed by atoms with Gasteiger partial charge in [-0.2, -0.15) is 0 Å². The van der Waals surface area contributed by atoms with Crippen molar-refractivity contribution in [3.8, 4) is 0 Å². The van der Waals surface area contributed by atoms with E-state index in [4.69, 9.17) is 5.11 Å². The van der Waals surface area contributed by atoms with Gasteiger partial charge in [0.25, 0.3) is 11.6 Å². The van der Waals surface area contributed by atoms with Gasteiger partial charge in [0, 0.05) is 12.1 Å². The van der Waals surface area contributed by atoms with Crippen LogP contribution in [-0.4, -0.2) is 28.5 Å². The van der Waals surface area contributed by atoms with Crippen LogP contribution < -0.4 is 5.48 Å². The molecule has 19 heavy (non-hydrogen) atoms. The van der Waals surface area contributed by atoms with Gasteiger partial charge >= 0.3 is 5.97 Å². The SMILES string of the molecule is CC(C(=O)NOCC(=O)O)c1cccc([N+](=O)[O-])c1. The number of benzene rings is 1. The molecule has 0 saturated carbocycles. The fourth-order valence-corrected chi connectivity index (χ4v) is 1.32. The summed E-state index contributed by atoms with van der Waals surface area (Å²) in [4.78, 5) is 36.3. The Morgan fingerprint density at radius 3 is 2.79 bits per heavy atom. The van der Waals surface area contributed by atoms with Crippen molar-refractivity contribution < 1.29 is 24.5 Å². The van der Waals surface area contributed by atoms with Gasteiger partial charge in [0.05, 0.1) is 10.8 Å². The molecule has 0 radical (unpaired) electrons. The van der Waals surface area contributed by atoms with Crippen molar-refractivity contribution >= 4 is 17.6 Å². The van der Waals surface area contributed by atoms with E-state index in [0.29, 0.717) is 5.56 Å². The summed E-state index contributed by atoms with van der Waals surface area (Å²) in [5.74, 6) is -2.50. The molecule has 1 unspecified atom stereocenters. The number of carboxylic acid groups (broad SMARTS) is 1. The molecular weight excluding hydrogens is 256 g/mol. The fourth-order valence-electron chi connectivity index (χ4n) is 1.32. The molecule has 102 valence electrons. The standard InChI is InChI=1S/C11H12N2O6/c1-7(11(16)12-19-6-10(14)15)8-3-2-4-9(5-8)13(17)18/h2-5,7H,6H2,1H3,(H,12,16)(H,14,15). The highest BCUT2D eigenvalue weighted by Crippen LogP contribution is 2.20. The van der Waals surface area contributed by atoms with Crippen molar-refractivity contribution in [2.45, 2.75) is 12.8 Å². The van der Waals surface area contributed by atoms with Crippen molar-refractivity contribution in [3.05, 3.63) is 39.9 Å². The predicted molar refractivity (Wildman–Crippen MR) is 63.2 cm³/mol. The molecule has 0 saturated heterocycles. The van der Waals surface area contributed by atoms with Crippen molar-refractivity contribution in [3.63, 3.8) is 0 Å². The van der Waals surface area contributed by atoms with E-state index < -0.39 is 29.3 Å². The number of rotatable bonds is 6. The summed E-state index contributed by atoms with van der Waals surface area (Å²) in [6, 6.07) is 5.63. The molecule has 0 aliphatic heterocycles. The number of carbonyl (C=O) groups excluding carboxylic acids is 1. The first-order valence-corrected chi connectivity index (χ1v) is 5.29. The monoisotopic (exact) mass is 268 g/mol. The number of nitrogens with zero attached hydrogens (tertiary/aromatic N) is 1. The molecule has 8 heteroatoms. The van der Waals surface area contributed by atoms with Crippen LogP contribution in [0.25, 0.3) is 0 Å². The lowest BCUT2D eigenvalue weighted by atomic mass is 10.0. The molecule has 1 atom stereocenters. The second-order valence-electron chi connectivity index (χ2n) is 3.72. The summed E-state index contributed by atoms with van der Waals surface area (Å²) in [7, 11) is 0. The first kappa shape index (κ1) is 14.6. The minimum Gasteiger partial charge on any atom is -0.479 e. The van der Waals surface area contributed by atoms with Gasteiger partial charge in [0.1, 0.15) is 0 Å². The Kier molecular flexibility index (Phi) is 4.95. The van der Waals surface area contributed by atoms with E-state index in [-0.39, 0.29) is 5.69 Å². The Morgan fingerprint density at radius 2 is 2.21 bits per heavy atom. The van der Waals surface area contributed by atoms with Crippen LogP contribution in [0.4, 0.5) is 5.69 Å². The third-order valence-electron chi connectivity index (χ3n) is 2.34. The number of non-ortho nitro benzene ring substituents is 1. The highest BCUT2D eigenvalue weighted by Gasteiger charge is 2.18. The van der Waals surface area contributed by atoms with Crippen LogP contribution in [0.2, 0.25) is 0 Å². The molecular formula is C11H12N2O6. The maximum Gasteiger partial charge on any atom is 0.332 e. The Bertz CT molecular complexity index is 502. The number of nitrogens with one attached hydrogen (secondary N) is 1. The summed E-state index contributed by atoms with van der Waals surface area (Å²) in [6.07, 6.45) is 0. The highest BCUT2D eigenvalue weighted by atomic mass is 16.7. The number of hydroxylamine groups is 1. The van der Waals surface area contributed by atoms with E-state index in [9.17, 15) is 19.7 Å². The minimum absolute atomic E-state index is 0.122. The van der Waals surface area contributed by atoms with Gasteiger partial charge in [0.15, 0.2) is 6.61 Å². The first-order chi connectivity index (χ1) is 8.91. The molecule has 1 aromatic rings. The Hall–Kier alpha value is -2.48. The second-order valence-corrected chi connectivity index (χ2v) is 3.72. The highest BCUT2D eigenvalue weighted by molar-refractivity contribution is 5.82. The molecule has 1 amide bonds. The minimum atomic E-state index is -1.22. The molecule has 0 aliphatic rings. The Balaban J connectivity index is 2.68. The van der Waals surface area contributed by atoms with Crippen LogP contribution in [0.15, 0.2) is 24.3 Å². The second kappa shape index (κ2) is 6.45. The van der Waals surface area contributed by atoms with Gasteiger partial charge in [-0.3, -0.25) is 19.7 Å². The average Bonchev–Trinajstić information content (AvgIpc) is 2.37. The lowest BCUT2D eigenvalue weighted by Gasteiger charge is -2.11. The third-order valence-corrected chi connectivity index (χ3v) is 2.34. The smallest absolute Gasteiger partial charge is 0.332 e. The van der Waals surface area contributed by atoms with Crippen LogP contribution in [0.3, 0.4) is 0 Å². The maximum atomic E-state index is 11.6. The molecule has 2 N–H and O–H groups in total. The zero-order valence-corrected chi connectivity index (χ0v) is 10.0. The summed E-state index contributed by atoms with van der Waals surface area (Å²) in [5, 5.41) is 18.9. The fraction of sp³-hybridized carbons (Fsp3) is 0.273. The van der Waals surface area contributed by atoms with Crippen LogP contribution in [0.5, 0.6) is 0 Å². The summed E-state index contributed by atoms with van der Waals surface area (Å²) < 4.78 is 0. The number of carboxylic acids is 1. The van der Waals surface area contributed by atoms with E-state index >= 15 is 0 Å². The van der Waals surface area contributed by atoms with Gasteiger partial charge in [-0.05, 0) is 12.5 Å². The number of aliphatic carboxylic acids is 1. The van der Waals surface area contributed by atoms with E-state index in [2.05, 4.69) is 4.84 Å². The lowest BCUT2D eigenvalue weighted by molar-refractivity contribution is -0.384. The van der Waals surface area contributed by atoms with E-state index in [0.717, 1.165) is 0 Å². The molecule has 0 fully saturated rings. The molecule has 0 aromatic heterocycles. The topological polar surface area (TPSA) is 119 Å². The summed E-state index contributed by atoms with van der Waals surface area (Å²) in [6.45, 7) is 0.867. The number of nitro groups is 1. The third kappa shape index (κ3) is 4.36. The average molecular weight is 268 g/mol. The molecule has 0 bridgehead atoms. The van der Waals surface area contributed by atoms with Gasteiger partial charge in [-0.25, -0.2) is 10.3 Å². The number of hydrogen-bond acceptors (Lipinski definition) is 5. The van der Waals surface area contributed by atoms with Crippen molar-refractivity contribution in [2.75, 3.05) is 6.61 Å². The van der Waals surface area contributed by atoms with E-state index in [1.807, 2.05) is 5.48 Å². The van der Waals surface area contributed by atoms with Gasteiger partial charge < -0.3 is 5.11 Å². The number of carbonyl (C=O) groups is 2. The van der Waals surface area contributed by atoms with Crippen molar-refractivity contribution in [2.24, 2.45) is 0 Å². The molecule has 8 nitrogen and oxygen atoms in total. The lowest BCUT2D eigenvalue weighted by Crippen LogP contribution is -2.30. The summed E-state index contributed by atoms with van der Waals surface area (Å²) >= 11 is 0. The zero-order chi connectivity index (χ0) is 14.4. The van der Waals surface area contributed by atoms with Crippen molar-refractivity contribution in [1.82, 2.24) is 5.48 Å². The van der Waals surface area contributed by atoms with Crippen LogP contribution in [0, 0.1) is 10.1 Å².